The first-order valence-electron chi connectivity index (χ1n) is 7.90. The number of amides is 1. The number of ether oxygens (including phenoxy) is 2. The number of hydrogen-bond acceptors (Lipinski definition) is 4. The first-order chi connectivity index (χ1) is 11.0. The molecule has 1 aliphatic heterocycles. The highest BCUT2D eigenvalue weighted by Gasteiger charge is 2.34. The molecule has 128 valence electrons. The van der Waals surface area contributed by atoms with Crippen LogP contribution in [0.1, 0.15) is 25.3 Å². The van der Waals surface area contributed by atoms with Crippen LogP contribution in [0.4, 0.5) is 0 Å². The zero-order valence-electron chi connectivity index (χ0n) is 13.9. The highest BCUT2D eigenvalue weighted by Crippen LogP contribution is 2.22. The molecule has 6 heteroatoms. The van der Waals surface area contributed by atoms with E-state index in [0.29, 0.717) is 23.9 Å². The number of carbonyl (C=O) groups is 1. The van der Waals surface area contributed by atoms with Crippen LogP contribution in [-0.2, 0) is 9.53 Å². The van der Waals surface area contributed by atoms with Crippen LogP contribution < -0.4 is 15.4 Å². The minimum Gasteiger partial charge on any atom is -0.481 e. The summed E-state index contributed by atoms with van der Waals surface area (Å²) in [5.41, 5.74) is 0.757. The van der Waals surface area contributed by atoms with Crippen LogP contribution in [0.15, 0.2) is 18.2 Å². The monoisotopic (exact) mass is 340 g/mol. The van der Waals surface area contributed by atoms with E-state index in [1.165, 1.54) is 0 Å². The van der Waals surface area contributed by atoms with E-state index in [0.717, 1.165) is 24.9 Å². The molecular weight excluding hydrogens is 316 g/mol. The molecule has 1 aromatic carbocycles. The second kappa shape index (κ2) is 7.99. The van der Waals surface area contributed by atoms with Gasteiger partial charge in [-0.25, -0.2) is 0 Å². The van der Waals surface area contributed by atoms with E-state index in [4.69, 9.17) is 21.1 Å². The van der Waals surface area contributed by atoms with Crippen molar-refractivity contribution in [3.05, 3.63) is 28.8 Å². The van der Waals surface area contributed by atoms with Gasteiger partial charge in [-0.3, -0.25) is 4.79 Å². The first-order valence-corrected chi connectivity index (χ1v) is 8.28. The number of rotatable bonds is 7. The maximum atomic E-state index is 12.3. The zero-order chi connectivity index (χ0) is 16.9. The summed E-state index contributed by atoms with van der Waals surface area (Å²) >= 11 is 5.99. The number of methoxy groups -OCH3 is 1. The summed E-state index contributed by atoms with van der Waals surface area (Å²) in [5.74, 6) is 0.502. The van der Waals surface area contributed by atoms with Gasteiger partial charge in [0.1, 0.15) is 5.75 Å². The van der Waals surface area contributed by atoms with Crippen LogP contribution in [0.2, 0.25) is 5.02 Å². The lowest BCUT2D eigenvalue weighted by Gasteiger charge is -2.29. The SMILES string of the molecule is COCC1(CNC(=O)C(C)Oc2ccc(Cl)c(C)c2)CCCN1. The smallest absolute Gasteiger partial charge is 0.260 e. The largest absolute Gasteiger partial charge is 0.481 e. The Balaban J connectivity index is 1.88. The highest BCUT2D eigenvalue weighted by molar-refractivity contribution is 6.31. The summed E-state index contributed by atoms with van der Waals surface area (Å²) in [6, 6.07) is 5.37. The third-order valence-corrected chi connectivity index (χ3v) is 4.59. The Morgan fingerprint density at radius 3 is 2.91 bits per heavy atom. The van der Waals surface area contributed by atoms with E-state index >= 15 is 0 Å². The van der Waals surface area contributed by atoms with Crippen molar-refractivity contribution in [2.45, 2.75) is 38.3 Å². The third-order valence-electron chi connectivity index (χ3n) is 4.17. The van der Waals surface area contributed by atoms with Gasteiger partial charge in [0.05, 0.1) is 12.1 Å². The topological polar surface area (TPSA) is 59.6 Å². The summed E-state index contributed by atoms with van der Waals surface area (Å²) in [7, 11) is 1.68. The molecule has 2 atom stereocenters. The number of halogens is 1. The molecule has 0 spiro atoms. The zero-order valence-corrected chi connectivity index (χ0v) is 14.7. The molecule has 2 N–H and O–H groups in total. The Morgan fingerprint density at radius 2 is 2.30 bits per heavy atom. The predicted octanol–water partition coefficient (Wildman–Crippen LogP) is 2.30. The lowest BCUT2D eigenvalue weighted by Crippen LogP contribution is -2.54. The minimum absolute atomic E-state index is 0.137. The number of nitrogens with one attached hydrogen (secondary N) is 2. The molecule has 5 nitrogen and oxygen atoms in total. The van der Waals surface area contributed by atoms with Crippen molar-refractivity contribution in [1.29, 1.82) is 0 Å². The molecule has 2 unspecified atom stereocenters. The van der Waals surface area contributed by atoms with Crippen LogP contribution in [0.5, 0.6) is 5.75 Å². The molecule has 0 radical (unpaired) electrons. The van der Waals surface area contributed by atoms with E-state index in [1.807, 2.05) is 13.0 Å². The summed E-state index contributed by atoms with van der Waals surface area (Å²) < 4.78 is 11.0. The van der Waals surface area contributed by atoms with Crippen molar-refractivity contribution in [2.24, 2.45) is 0 Å². The molecule has 0 saturated carbocycles. The predicted molar refractivity (Wildman–Crippen MR) is 91.1 cm³/mol. The molecule has 2 rings (SSSR count). The highest BCUT2D eigenvalue weighted by atomic mass is 35.5. The number of benzene rings is 1. The Kier molecular flexibility index (Phi) is 6.27. The summed E-state index contributed by atoms with van der Waals surface area (Å²) in [4.78, 5) is 12.3. The van der Waals surface area contributed by atoms with Crippen molar-refractivity contribution in [1.82, 2.24) is 10.6 Å². The fourth-order valence-electron chi connectivity index (χ4n) is 2.82. The van der Waals surface area contributed by atoms with Crippen molar-refractivity contribution >= 4 is 17.5 Å². The fraction of sp³-hybridized carbons (Fsp3) is 0.588. The molecule has 0 bridgehead atoms. The third kappa shape index (κ3) is 4.83. The van der Waals surface area contributed by atoms with E-state index in [-0.39, 0.29) is 11.4 Å². The maximum Gasteiger partial charge on any atom is 0.260 e. The standard InChI is InChI=1S/C17H25ClN2O3/c1-12-9-14(5-6-15(12)18)23-13(2)16(21)19-10-17(11-22-3)7-4-8-20-17/h5-6,9,13,20H,4,7-8,10-11H2,1-3H3,(H,19,21). The summed E-state index contributed by atoms with van der Waals surface area (Å²) in [5, 5.41) is 7.08. The molecular formula is C17H25ClN2O3. The van der Waals surface area contributed by atoms with Gasteiger partial charge in [0, 0.05) is 18.7 Å². The van der Waals surface area contributed by atoms with E-state index < -0.39 is 6.10 Å². The van der Waals surface area contributed by atoms with E-state index in [2.05, 4.69) is 10.6 Å². The lowest BCUT2D eigenvalue weighted by atomic mass is 9.98. The van der Waals surface area contributed by atoms with Gasteiger partial charge in [-0.2, -0.15) is 0 Å². The second-order valence-electron chi connectivity index (χ2n) is 6.13. The quantitative estimate of drug-likeness (QED) is 0.799. The molecule has 1 saturated heterocycles. The van der Waals surface area contributed by atoms with E-state index in [1.54, 1.807) is 26.2 Å². The van der Waals surface area contributed by atoms with Gasteiger partial charge in [-0.15, -0.1) is 0 Å². The number of carbonyl (C=O) groups excluding carboxylic acids is 1. The normalized spacial score (nSPS) is 21.9. The van der Waals surface area contributed by atoms with Crippen LogP contribution in [0, 0.1) is 6.92 Å². The molecule has 0 aromatic heterocycles. The average Bonchev–Trinajstić information content (AvgIpc) is 2.98. The lowest BCUT2D eigenvalue weighted by molar-refractivity contribution is -0.127. The van der Waals surface area contributed by atoms with E-state index in [9.17, 15) is 4.79 Å². The van der Waals surface area contributed by atoms with Gasteiger partial charge in [-0.1, -0.05) is 11.6 Å². The van der Waals surface area contributed by atoms with Gasteiger partial charge in [-0.05, 0) is 57.0 Å². The van der Waals surface area contributed by atoms with Crippen molar-refractivity contribution < 1.29 is 14.3 Å². The van der Waals surface area contributed by atoms with Gasteiger partial charge >= 0.3 is 0 Å². The van der Waals surface area contributed by atoms with Crippen LogP contribution in [-0.4, -0.2) is 44.4 Å². The van der Waals surface area contributed by atoms with Gasteiger partial charge in [0.15, 0.2) is 6.10 Å². The van der Waals surface area contributed by atoms with Crippen molar-refractivity contribution in [3.63, 3.8) is 0 Å². The minimum atomic E-state index is -0.573. The average molecular weight is 341 g/mol. The maximum absolute atomic E-state index is 12.3. The Hall–Kier alpha value is -1.30. The molecule has 23 heavy (non-hydrogen) atoms. The van der Waals surface area contributed by atoms with Gasteiger partial charge in [0.25, 0.3) is 5.91 Å². The number of aryl methyl sites for hydroxylation is 1. The Bertz CT molecular complexity index is 545. The molecule has 1 fully saturated rings. The van der Waals surface area contributed by atoms with Gasteiger partial charge < -0.3 is 20.1 Å². The second-order valence-corrected chi connectivity index (χ2v) is 6.54. The Morgan fingerprint density at radius 1 is 1.52 bits per heavy atom. The van der Waals surface area contributed by atoms with Gasteiger partial charge in [0.2, 0.25) is 0 Å². The first kappa shape index (κ1) is 18.0. The summed E-state index contributed by atoms with van der Waals surface area (Å²) in [6.07, 6.45) is 1.51. The molecule has 0 aliphatic carbocycles. The summed E-state index contributed by atoms with van der Waals surface area (Å²) in [6.45, 7) is 5.71. The van der Waals surface area contributed by atoms with Crippen LogP contribution in [0.25, 0.3) is 0 Å². The molecule has 1 aromatic rings. The van der Waals surface area contributed by atoms with Crippen LogP contribution >= 0.6 is 11.6 Å². The van der Waals surface area contributed by atoms with Crippen molar-refractivity contribution in [2.75, 3.05) is 26.8 Å². The van der Waals surface area contributed by atoms with Crippen molar-refractivity contribution in [3.8, 4) is 5.75 Å². The number of hydrogen-bond donors (Lipinski definition) is 2. The fourth-order valence-corrected chi connectivity index (χ4v) is 2.94. The van der Waals surface area contributed by atoms with Crippen LogP contribution in [0.3, 0.4) is 0 Å². The molecule has 1 amide bonds. The molecule has 1 aliphatic rings. The Labute approximate surface area is 142 Å². The molecule has 1 heterocycles.